The summed E-state index contributed by atoms with van der Waals surface area (Å²) in [6.45, 7) is 1.94. The quantitative estimate of drug-likeness (QED) is 0.767. The lowest BCUT2D eigenvalue weighted by atomic mass is 10.0. The number of rotatable bonds is 3. The van der Waals surface area contributed by atoms with Gasteiger partial charge in [-0.05, 0) is 30.5 Å². The summed E-state index contributed by atoms with van der Waals surface area (Å²) in [7, 11) is 0. The molecule has 0 saturated heterocycles. The van der Waals surface area contributed by atoms with Crippen LogP contribution in [0.2, 0.25) is 0 Å². The van der Waals surface area contributed by atoms with Gasteiger partial charge in [0.15, 0.2) is 0 Å². The molecule has 1 unspecified atom stereocenters. The van der Waals surface area contributed by atoms with Gasteiger partial charge in [0.2, 0.25) is 0 Å². The lowest BCUT2D eigenvalue weighted by Crippen LogP contribution is -2.21. The summed E-state index contributed by atoms with van der Waals surface area (Å²) >= 11 is 0. The molecule has 0 fully saturated rings. The maximum Gasteiger partial charge on any atom is 0.126 e. The van der Waals surface area contributed by atoms with E-state index in [2.05, 4.69) is 0 Å². The normalized spacial score (nSPS) is 12.9. The molecule has 1 rings (SSSR count). The van der Waals surface area contributed by atoms with E-state index in [0.29, 0.717) is 12.0 Å². The zero-order valence-corrected chi connectivity index (χ0v) is 7.56. The first-order chi connectivity index (χ1) is 6.11. The highest BCUT2D eigenvalue weighted by Crippen LogP contribution is 2.10. The highest BCUT2D eigenvalue weighted by atomic mass is 19.1. The van der Waals surface area contributed by atoms with E-state index in [1.807, 2.05) is 6.92 Å². The second-order valence-electron chi connectivity index (χ2n) is 3.15. The molecule has 0 saturated carbocycles. The molecular weight excluding hydrogens is 172 g/mol. The van der Waals surface area contributed by atoms with Gasteiger partial charge < -0.3 is 5.73 Å². The summed E-state index contributed by atoms with van der Waals surface area (Å²) in [5, 5.41) is 0. The molecule has 72 valence electrons. The van der Waals surface area contributed by atoms with Gasteiger partial charge in [-0.2, -0.15) is 0 Å². The number of hydrogen-bond acceptors (Lipinski definition) is 1. The van der Waals surface area contributed by atoms with Crippen molar-refractivity contribution in [1.29, 1.82) is 0 Å². The number of nitrogens with two attached hydrogens (primary N) is 1. The van der Waals surface area contributed by atoms with E-state index in [4.69, 9.17) is 5.73 Å². The van der Waals surface area contributed by atoms with E-state index >= 15 is 0 Å². The molecule has 1 atom stereocenters. The minimum Gasteiger partial charge on any atom is -0.327 e. The fourth-order valence-corrected chi connectivity index (χ4v) is 1.18. The van der Waals surface area contributed by atoms with Crippen molar-refractivity contribution in [3.05, 3.63) is 35.4 Å². The van der Waals surface area contributed by atoms with Crippen LogP contribution in [-0.4, -0.2) is 6.04 Å². The van der Waals surface area contributed by atoms with Gasteiger partial charge in [-0.25, -0.2) is 8.78 Å². The summed E-state index contributed by atoms with van der Waals surface area (Å²) in [6, 6.07) is 3.47. The van der Waals surface area contributed by atoms with Gasteiger partial charge >= 0.3 is 0 Å². The fourth-order valence-electron chi connectivity index (χ4n) is 1.18. The maximum atomic E-state index is 12.7. The fraction of sp³-hybridized carbons (Fsp3) is 0.400. The zero-order valence-electron chi connectivity index (χ0n) is 7.56. The number of halogens is 2. The summed E-state index contributed by atoms with van der Waals surface area (Å²) in [4.78, 5) is 0. The Balaban J connectivity index is 2.77. The molecule has 13 heavy (non-hydrogen) atoms. The SMILES string of the molecule is CCC(N)Cc1cc(F)cc(F)c1. The molecule has 0 amide bonds. The molecule has 1 aromatic rings. The van der Waals surface area contributed by atoms with Crippen molar-refractivity contribution in [2.45, 2.75) is 25.8 Å². The zero-order chi connectivity index (χ0) is 9.84. The molecule has 0 aliphatic heterocycles. The predicted molar refractivity (Wildman–Crippen MR) is 48.3 cm³/mol. The van der Waals surface area contributed by atoms with E-state index < -0.39 is 11.6 Å². The Hall–Kier alpha value is -0.960. The summed E-state index contributed by atoms with van der Waals surface area (Å²) in [5.74, 6) is -1.09. The van der Waals surface area contributed by atoms with Gasteiger partial charge in [-0.1, -0.05) is 6.92 Å². The average Bonchev–Trinajstić information content (AvgIpc) is 2.02. The molecule has 0 spiro atoms. The maximum absolute atomic E-state index is 12.7. The molecule has 0 aromatic heterocycles. The predicted octanol–water partition coefficient (Wildman–Crippen LogP) is 2.24. The van der Waals surface area contributed by atoms with Crippen LogP contribution in [0.5, 0.6) is 0 Å². The van der Waals surface area contributed by atoms with Crippen LogP contribution in [0.3, 0.4) is 0 Å². The molecule has 0 bridgehead atoms. The Labute approximate surface area is 76.6 Å². The second-order valence-corrected chi connectivity index (χ2v) is 3.15. The van der Waals surface area contributed by atoms with E-state index in [-0.39, 0.29) is 6.04 Å². The van der Waals surface area contributed by atoms with Gasteiger partial charge in [-0.15, -0.1) is 0 Å². The Morgan fingerprint density at radius 3 is 2.23 bits per heavy atom. The lowest BCUT2D eigenvalue weighted by Gasteiger charge is -2.08. The van der Waals surface area contributed by atoms with E-state index in [9.17, 15) is 8.78 Å². The van der Waals surface area contributed by atoms with Crippen molar-refractivity contribution >= 4 is 0 Å². The van der Waals surface area contributed by atoms with Gasteiger partial charge in [0.25, 0.3) is 0 Å². The van der Waals surface area contributed by atoms with Crippen molar-refractivity contribution < 1.29 is 8.78 Å². The van der Waals surface area contributed by atoms with Crippen molar-refractivity contribution in [2.75, 3.05) is 0 Å². The Morgan fingerprint density at radius 1 is 1.23 bits per heavy atom. The van der Waals surface area contributed by atoms with Crippen LogP contribution < -0.4 is 5.73 Å². The molecule has 0 aliphatic rings. The van der Waals surface area contributed by atoms with Crippen molar-refractivity contribution in [2.24, 2.45) is 5.73 Å². The molecular formula is C10H13F2N. The lowest BCUT2D eigenvalue weighted by molar-refractivity contribution is 0.573. The monoisotopic (exact) mass is 185 g/mol. The summed E-state index contributed by atoms with van der Waals surface area (Å²) in [5.41, 5.74) is 6.28. The van der Waals surface area contributed by atoms with Crippen LogP contribution in [0.1, 0.15) is 18.9 Å². The summed E-state index contributed by atoms with van der Waals surface area (Å²) < 4.78 is 25.4. The largest absolute Gasteiger partial charge is 0.327 e. The summed E-state index contributed by atoms with van der Waals surface area (Å²) in [6.07, 6.45) is 1.32. The Kier molecular flexibility index (Phi) is 3.37. The average molecular weight is 185 g/mol. The van der Waals surface area contributed by atoms with E-state index in [1.54, 1.807) is 0 Å². The van der Waals surface area contributed by atoms with Gasteiger partial charge in [0.05, 0.1) is 0 Å². The van der Waals surface area contributed by atoms with Crippen LogP contribution in [0.15, 0.2) is 18.2 Å². The van der Waals surface area contributed by atoms with Crippen LogP contribution in [0.4, 0.5) is 8.78 Å². The molecule has 0 aliphatic carbocycles. The third-order valence-corrected chi connectivity index (χ3v) is 1.94. The first-order valence-corrected chi connectivity index (χ1v) is 4.32. The smallest absolute Gasteiger partial charge is 0.126 e. The molecule has 1 aromatic carbocycles. The second kappa shape index (κ2) is 4.33. The standard InChI is InChI=1S/C10H13F2N/c1-2-10(13)5-7-3-8(11)6-9(12)4-7/h3-4,6,10H,2,5,13H2,1H3. The van der Waals surface area contributed by atoms with Gasteiger partial charge in [0, 0.05) is 12.1 Å². The van der Waals surface area contributed by atoms with Crippen molar-refractivity contribution in [1.82, 2.24) is 0 Å². The molecule has 3 heteroatoms. The van der Waals surface area contributed by atoms with E-state index in [1.165, 1.54) is 12.1 Å². The number of hydrogen-bond donors (Lipinski definition) is 1. The first-order valence-electron chi connectivity index (χ1n) is 4.32. The first kappa shape index (κ1) is 10.1. The van der Waals surface area contributed by atoms with Gasteiger partial charge in [-0.3, -0.25) is 0 Å². The Bertz CT molecular complexity index is 266. The third kappa shape index (κ3) is 3.11. The highest BCUT2D eigenvalue weighted by Gasteiger charge is 2.04. The molecule has 1 nitrogen and oxygen atoms in total. The highest BCUT2D eigenvalue weighted by molar-refractivity contribution is 5.18. The number of benzene rings is 1. The van der Waals surface area contributed by atoms with E-state index in [0.717, 1.165) is 12.5 Å². The molecule has 2 N–H and O–H groups in total. The van der Waals surface area contributed by atoms with Crippen LogP contribution in [0, 0.1) is 11.6 Å². The van der Waals surface area contributed by atoms with Gasteiger partial charge in [0.1, 0.15) is 11.6 Å². The minimum absolute atomic E-state index is 0.0267. The minimum atomic E-state index is -0.543. The third-order valence-electron chi connectivity index (χ3n) is 1.94. The van der Waals surface area contributed by atoms with Crippen molar-refractivity contribution in [3.63, 3.8) is 0 Å². The van der Waals surface area contributed by atoms with Crippen LogP contribution in [-0.2, 0) is 6.42 Å². The topological polar surface area (TPSA) is 26.0 Å². The van der Waals surface area contributed by atoms with Crippen molar-refractivity contribution in [3.8, 4) is 0 Å². The van der Waals surface area contributed by atoms with Crippen LogP contribution >= 0.6 is 0 Å². The molecule has 0 heterocycles. The van der Waals surface area contributed by atoms with Crippen LogP contribution in [0.25, 0.3) is 0 Å². The Morgan fingerprint density at radius 2 is 1.77 bits per heavy atom. The molecule has 0 radical (unpaired) electrons.